The van der Waals surface area contributed by atoms with Gasteiger partial charge in [0.2, 0.25) is 11.8 Å². The second-order valence-corrected chi connectivity index (χ2v) is 9.56. The minimum atomic E-state index is -0.912. The lowest BCUT2D eigenvalue weighted by atomic mass is 9.94. The molecule has 1 saturated carbocycles. The number of methoxy groups -OCH3 is 2. The lowest BCUT2D eigenvalue weighted by Crippen LogP contribution is -2.47. The number of carbonyl (C=O) groups excluding carboxylic acids is 2. The molecule has 2 aromatic rings. The van der Waals surface area contributed by atoms with Crippen LogP contribution in [0.2, 0.25) is 0 Å². The molecule has 0 spiro atoms. The van der Waals surface area contributed by atoms with E-state index in [1.165, 1.54) is 11.3 Å². The molecule has 0 radical (unpaired) electrons. The van der Waals surface area contributed by atoms with E-state index in [-0.39, 0.29) is 36.4 Å². The number of ether oxygens (including phenoxy) is 3. The molecule has 0 saturated heterocycles. The van der Waals surface area contributed by atoms with E-state index < -0.39 is 6.04 Å². The van der Waals surface area contributed by atoms with Gasteiger partial charge in [-0.15, -0.1) is 11.6 Å². The van der Waals surface area contributed by atoms with Gasteiger partial charge in [0.15, 0.2) is 11.5 Å². The molecule has 1 fully saturated rings. The number of nitrogens with zero attached hydrogens (tertiary/aromatic N) is 1. The van der Waals surface area contributed by atoms with Crippen molar-refractivity contribution in [1.29, 1.82) is 0 Å². The van der Waals surface area contributed by atoms with Crippen LogP contribution in [0.3, 0.4) is 0 Å². The van der Waals surface area contributed by atoms with Crippen LogP contribution in [0.4, 0.5) is 0 Å². The van der Waals surface area contributed by atoms with E-state index in [2.05, 4.69) is 5.32 Å². The first kappa shape index (κ1) is 27.7. The smallest absolute Gasteiger partial charge is 0.247 e. The van der Waals surface area contributed by atoms with Crippen molar-refractivity contribution in [3.8, 4) is 17.2 Å². The van der Waals surface area contributed by atoms with Gasteiger partial charge in [-0.2, -0.15) is 0 Å². The molecule has 0 bridgehead atoms. The summed E-state index contributed by atoms with van der Waals surface area (Å²) in [7, 11) is 3.14. The number of halogens is 1. The Bertz CT molecular complexity index is 1020. The van der Waals surface area contributed by atoms with Crippen molar-refractivity contribution in [3.05, 3.63) is 53.6 Å². The van der Waals surface area contributed by atoms with Crippen LogP contribution in [0.5, 0.6) is 17.2 Å². The molecule has 2 aromatic carbocycles. The fourth-order valence-electron chi connectivity index (χ4n) is 4.62. The van der Waals surface area contributed by atoms with Crippen molar-refractivity contribution in [1.82, 2.24) is 10.2 Å². The van der Waals surface area contributed by atoms with Gasteiger partial charge in [0.1, 0.15) is 17.7 Å². The predicted molar refractivity (Wildman–Crippen MR) is 141 cm³/mol. The highest BCUT2D eigenvalue weighted by Crippen LogP contribution is 2.35. The number of carbonyl (C=O) groups is 2. The molecular formula is C28H37ClN2O5. The van der Waals surface area contributed by atoms with Crippen molar-refractivity contribution in [2.45, 2.75) is 70.7 Å². The maximum Gasteiger partial charge on any atom is 0.247 e. The minimum Gasteiger partial charge on any atom is -0.496 e. The fraction of sp³-hybridized carbons (Fsp3) is 0.500. The summed E-state index contributed by atoms with van der Waals surface area (Å²) in [6, 6.07) is 12.0. The summed E-state index contributed by atoms with van der Waals surface area (Å²) in [5, 5.41) is 3.20. The predicted octanol–water partition coefficient (Wildman–Crippen LogP) is 5.25. The maximum atomic E-state index is 13.8. The average molecular weight is 517 g/mol. The summed E-state index contributed by atoms with van der Waals surface area (Å²) in [4.78, 5) is 28.6. The second kappa shape index (κ2) is 13.4. The van der Waals surface area contributed by atoms with E-state index in [9.17, 15) is 9.59 Å². The molecule has 1 aliphatic carbocycles. The summed E-state index contributed by atoms with van der Waals surface area (Å²) in [5.41, 5.74) is 1.39. The van der Waals surface area contributed by atoms with Gasteiger partial charge in [-0.1, -0.05) is 43.5 Å². The first-order chi connectivity index (χ1) is 17.4. The third kappa shape index (κ3) is 7.06. The molecule has 2 amide bonds. The van der Waals surface area contributed by atoms with Gasteiger partial charge in [0, 0.05) is 11.6 Å². The van der Waals surface area contributed by atoms with Crippen LogP contribution in [-0.4, -0.2) is 49.0 Å². The average Bonchev–Trinajstić information content (AvgIpc) is 2.89. The minimum absolute atomic E-state index is 0.0463. The standard InChI is InChI=1S/C28H37ClN2O5/c1-19(2)36-24-15-14-20(16-25(24)35-4)27(28(33)30-22-11-6-5-7-12-22)31(26(32)17-29)18-21-10-8-9-13-23(21)34-3/h8-10,13-16,19,22,27H,5-7,11-12,17-18H2,1-4H3,(H,30,33)/t27-/m0/s1. The first-order valence-corrected chi connectivity index (χ1v) is 13.0. The highest BCUT2D eigenvalue weighted by Gasteiger charge is 2.34. The Morgan fingerprint density at radius 1 is 1.00 bits per heavy atom. The molecule has 3 rings (SSSR count). The molecule has 8 heteroatoms. The molecular weight excluding hydrogens is 480 g/mol. The van der Waals surface area contributed by atoms with Crippen LogP contribution in [0.1, 0.15) is 63.1 Å². The number of rotatable bonds is 11. The summed E-state index contributed by atoms with van der Waals surface area (Å²) in [5.74, 6) is 0.848. The second-order valence-electron chi connectivity index (χ2n) is 9.29. The number of alkyl halides is 1. The van der Waals surface area contributed by atoms with Crippen molar-refractivity contribution in [2.75, 3.05) is 20.1 Å². The molecule has 36 heavy (non-hydrogen) atoms. The Morgan fingerprint density at radius 2 is 1.69 bits per heavy atom. The van der Waals surface area contributed by atoms with E-state index in [0.29, 0.717) is 22.8 Å². The van der Waals surface area contributed by atoms with Gasteiger partial charge in [-0.25, -0.2) is 0 Å². The van der Waals surface area contributed by atoms with Gasteiger partial charge in [-0.05, 0) is 50.5 Å². The van der Waals surface area contributed by atoms with Crippen LogP contribution < -0.4 is 19.5 Å². The Labute approximate surface area is 219 Å². The summed E-state index contributed by atoms with van der Waals surface area (Å²) < 4.78 is 17.0. The molecule has 0 heterocycles. The number of nitrogens with one attached hydrogen (secondary N) is 1. The summed E-state index contributed by atoms with van der Waals surface area (Å²) >= 11 is 6.06. The Kier molecular flexibility index (Phi) is 10.3. The zero-order valence-corrected chi connectivity index (χ0v) is 22.3. The zero-order valence-electron chi connectivity index (χ0n) is 21.6. The normalized spacial score (nSPS) is 14.7. The largest absolute Gasteiger partial charge is 0.496 e. The van der Waals surface area contributed by atoms with E-state index >= 15 is 0 Å². The van der Waals surface area contributed by atoms with Crippen molar-refractivity contribution in [3.63, 3.8) is 0 Å². The van der Waals surface area contributed by atoms with Gasteiger partial charge >= 0.3 is 0 Å². The van der Waals surface area contributed by atoms with E-state index in [0.717, 1.165) is 31.2 Å². The number of para-hydroxylation sites is 1. The molecule has 0 aromatic heterocycles. The van der Waals surface area contributed by atoms with E-state index in [4.69, 9.17) is 25.8 Å². The lowest BCUT2D eigenvalue weighted by Gasteiger charge is -2.33. The first-order valence-electron chi connectivity index (χ1n) is 12.5. The highest BCUT2D eigenvalue weighted by atomic mass is 35.5. The van der Waals surface area contributed by atoms with Crippen molar-refractivity contribution < 1.29 is 23.8 Å². The molecule has 1 atom stereocenters. The quantitative estimate of drug-likeness (QED) is 0.413. The van der Waals surface area contributed by atoms with Crippen LogP contribution in [0, 0.1) is 0 Å². The van der Waals surface area contributed by atoms with E-state index in [1.54, 1.807) is 26.4 Å². The molecule has 0 aliphatic heterocycles. The monoisotopic (exact) mass is 516 g/mol. The third-order valence-corrected chi connectivity index (χ3v) is 6.57. The fourth-order valence-corrected chi connectivity index (χ4v) is 4.78. The van der Waals surface area contributed by atoms with E-state index in [1.807, 2.05) is 44.2 Å². The SMILES string of the molecule is COc1ccccc1CN(C(=O)CCl)[C@H](C(=O)NC1CCCCC1)c1ccc(OC(C)C)c(OC)c1. The molecule has 7 nitrogen and oxygen atoms in total. The molecule has 0 unspecified atom stereocenters. The molecule has 196 valence electrons. The van der Waals surface area contributed by atoms with Crippen LogP contribution >= 0.6 is 11.6 Å². The number of benzene rings is 2. The Hall–Kier alpha value is -2.93. The lowest BCUT2D eigenvalue weighted by molar-refractivity contribution is -0.140. The van der Waals surface area contributed by atoms with Crippen LogP contribution in [-0.2, 0) is 16.1 Å². The van der Waals surface area contributed by atoms with Crippen LogP contribution in [0.15, 0.2) is 42.5 Å². The zero-order chi connectivity index (χ0) is 26.1. The van der Waals surface area contributed by atoms with Gasteiger partial charge in [-0.3, -0.25) is 9.59 Å². The van der Waals surface area contributed by atoms with Gasteiger partial charge in [0.05, 0.1) is 26.9 Å². The molecule has 1 N–H and O–H groups in total. The summed E-state index contributed by atoms with van der Waals surface area (Å²) in [6.07, 6.45) is 5.15. The van der Waals surface area contributed by atoms with Crippen molar-refractivity contribution >= 4 is 23.4 Å². The Morgan fingerprint density at radius 3 is 2.33 bits per heavy atom. The topological polar surface area (TPSA) is 77.1 Å². The number of amides is 2. The Balaban J connectivity index is 2.05. The van der Waals surface area contributed by atoms with Gasteiger partial charge in [0.25, 0.3) is 0 Å². The van der Waals surface area contributed by atoms with Crippen molar-refractivity contribution in [2.24, 2.45) is 0 Å². The molecule has 1 aliphatic rings. The highest BCUT2D eigenvalue weighted by molar-refractivity contribution is 6.27. The summed E-state index contributed by atoms with van der Waals surface area (Å²) in [6.45, 7) is 4.02. The number of hydrogen-bond donors (Lipinski definition) is 1. The van der Waals surface area contributed by atoms with Gasteiger partial charge < -0.3 is 24.4 Å². The maximum absolute atomic E-state index is 13.8. The number of hydrogen-bond acceptors (Lipinski definition) is 5. The van der Waals surface area contributed by atoms with Crippen LogP contribution in [0.25, 0.3) is 0 Å². The third-order valence-electron chi connectivity index (χ3n) is 6.35.